The summed E-state index contributed by atoms with van der Waals surface area (Å²) in [6.45, 7) is 3.39. The van der Waals surface area contributed by atoms with Gasteiger partial charge in [-0.2, -0.15) is 0 Å². The van der Waals surface area contributed by atoms with E-state index in [1.807, 2.05) is 26.0 Å². The molecule has 1 heterocycles. The van der Waals surface area contributed by atoms with Crippen molar-refractivity contribution in [1.82, 2.24) is 9.13 Å². The molecule has 8 heteroatoms. The standard InChI is InChI=1S/C18H22N2O6/c1-12-5-4-6-14(13(12)2)15-9-19(10-16(21)22)18(24)20(17(15)23)7-8-26-11-25-3/h4-6,9H,7-8,10-11H2,1-3H3,(H,21,22). The van der Waals surface area contributed by atoms with E-state index >= 15 is 0 Å². The van der Waals surface area contributed by atoms with E-state index in [4.69, 9.17) is 14.6 Å². The second-order valence-electron chi connectivity index (χ2n) is 5.87. The second-order valence-corrected chi connectivity index (χ2v) is 5.87. The van der Waals surface area contributed by atoms with E-state index in [1.54, 1.807) is 6.07 Å². The number of aliphatic carboxylic acids is 1. The van der Waals surface area contributed by atoms with E-state index in [1.165, 1.54) is 13.3 Å². The first-order valence-corrected chi connectivity index (χ1v) is 8.06. The molecule has 1 N–H and O–H groups in total. The van der Waals surface area contributed by atoms with Crippen LogP contribution in [0.25, 0.3) is 11.1 Å². The Kier molecular flexibility index (Phi) is 6.48. The number of methoxy groups -OCH3 is 1. The Morgan fingerprint density at radius 1 is 1.19 bits per heavy atom. The van der Waals surface area contributed by atoms with Gasteiger partial charge < -0.3 is 14.6 Å². The van der Waals surface area contributed by atoms with Gasteiger partial charge in [-0.05, 0) is 30.5 Å². The van der Waals surface area contributed by atoms with Crippen LogP contribution in [0.2, 0.25) is 0 Å². The molecule has 8 nitrogen and oxygen atoms in total. The fourth-order valence-electron chi connectivity index (χ4n) is 2.64. The fourth-order valence-corrected chi connectivity index (χ4v) is 2.64. The van der Waals surface area contributed by atoms with Crippen molar-refractivity contribution in [1.29, 1.82) is 0 Å². The zero-order valence-electron chi connectivity index (χ0n) is 15.0. The highest BCUT2D eigenvalue weighted by Crippen LogP contribution is 2.22. The van der Waals surface area contributed by atoms with Gasteiger partial charge in [-0.3, -0.25) is 18.7 Å². The number of hydrogen-bond acceptors (Lipinski definition) is 5. The third kappa shape index (κ3) is 4.27. The predicted molar refractivity (Wildman–Crippen MR) is 95.3 cm³/mol. The fraction of sp³-hybridized carbons (Fsp3) is 0.389. The lowest BCUT2D eigenvalue weighted by molar-refractivity contribution is -0.137. The van der Waals surface area contributed by atoms with Crippen LogP contribution in [-0.4, -0.2) is 40.7 Å². The maximum Gasteiger partial charge on any atom is 0.331 e. The van der Waals surface area contributed by atoms with Crippen LogP contribution in [0.1, 0.15) is 11.1 Å². The molecule has 0 saturated heterocycles. The topological polar surface area (TPSA) is 99.8 Å². The second kappa shape index (κ2) is 8.59. The molecule has 0 atom stereocenters. The predicted octanol–water partition coefficient (Wildman–Crippen LogP) is 0.999. The van der Waals surface area contributed by atoms with Crippen LogP contribution in [0.15, 0.2) is 34.0 Å². The Morgan fingerprint density at radius 3 is 2.58 bits per heavy atom. The molecule has 0 radical (unpaired) electrons. The van der Waals surface area contributed by atoms with E-state index < -0.39 is 23.8 Å². The van der Waals surface area contributed by atoms with E-state index in [9.17, 15) is 14.4 Å². The van der Waals surface area contributed by atoms with E-state index in [2.05, 4.69) is 0 Å². The largest absolute Gasteiger partial charge is 0.480 e. The summed E-state index contributed by atoms with van der Waals surface area (Å²) in [6, 6.07) is 5.51. The third-order valence-electron chi connectivity index (χ3n) is 4.10. The molecule has 0 saturated carbocycles. The summed E-state index contributed by atoms with van der Waals surface area (Å²) in [5.74, 6) is -1.17. The van der Waals surface area contributed by atoms with Gasteiger partial charge in [0, 0.05) is 13.3 Å². The van der Waals surface area contributed by atoms with Gasteiger partial charge in [0.2, 0.25) is 0 Å². The summed E-state index contributed by atoms with van der Waals surface area (Å²) in [7, 11) is 1.47. The zero-order chi connectivity index (χ0) is 19.3. The summed E-state index contributed by atoms with van der Waals surface area (Å²) in [5.41, 5.74) is 1.67. The molecule has 0 unspecified atom stereocenters. The first-order chi connectivity index (χ1) is 12.4. The molecule has 0 bridgehead atoms. The van der Waals surface area contributed by atoms with Crippen molar-refractivity contribution >= 4 is 5.97 Å². The molecule has 0 spiro atoms. The zero-order valence-corrected chi connectivity index (χ0v) is 15.0. The van der Waals surface area contributed by atoms with E-state index in [0.717, 1.165) is 20.3 Å². The number of carboxylic acids is 1. The normalized spacial score (nSPS) is 10.9. The van der Waals surface area contributed by atoms with Crippen molar-refractivity contribution in [2.45, 2.75) is 26.9 Å². The van der Waals surface area contributed by atoms with Crippen molar-refractivity contribution in [3.8, 4) is 11.1 Å². The Hall–Kier alpha value is -2.71. The van der Waals surface area contributed by atoms with Gasteiger partial charge in [0.1, 0.15) is 13.3 Å². The molecule has 2 rings (SSSR count). The van der Waals surface area contributed by atoms with Gasteiger partial charge in [0.15, 0.2) is 0 Å². The number of aryl methyl sites for hydroxylation is 1. The number of aromatic nitrogens is 2. The summed E-state index contributed by atoms with van der Waals surface area (Å²) in [6.07, 6.45) is 1.31. The molecule has 0 aliphatic rings. The molecule has 0 fully saturated rings. The van der Waals surface area contributed by atoms with Crippen LogP contribution in [0.4, 0.5) is 0 Å². The minimum absolute atomic E-state index is 0.000646. The monoisotopic (exact) mass is 362 g/mol. The summed E-state index contributed by atoms with van der Waals surface area (Å²) >= 11 is 0. The molecule has 26 heavy (non-hydrogen) atoms. The van der Waals surface area contributed by atoms with E-state index in [-0.39, 0.29) is 25.5 Å². The lowest BCUT2D eigenvalue weighted by atomic mass is 9.99. The van der Waals surface area contributed by atoms with Crippen molar-refractivity contribution in [3.63, 3.8) is 0 Å². The Morgan fingerprint density at radius 2 is 1.92 bits per heavy atom. The quantitative estimate of drug-likeness (QED) is 0.555. The molecular formula is C18H22N2O6. The lowest BCUT2D eigenvalue weighted by Gasteiger charge is -2.14. The highest BCUT2D eigenvalue weighted by Gasteiger charge is 2.16. The number of carbonyl (C=O) groups is 1. The minimum Gasteiger partial charge on any atom is -0.480 e. The maximum absolute atomic E-state index is 12.9. The number of carboxylic acid groups (broad SMARTS) is 1. The first kappa shape index (κ1) is 19.6. The molecule has 2 aromatic rings. The number of rotatable bonds is 8. The van der Waals surface area contributed by atoms with Gasteiger partial charge in [0.25, 0.3) is 5.56 Å². The van der Waals surface area contributed by atoms with Gasteiger partial charge in [0.05, 0.1) is 18.7 Å². The van der Waals surface area contributed by atoms with Crippen LogP contribution < -0.4 is 11.2 Å². The SMILES string of the molecule is COCOCCn1c(=O)c(-c2cccc(C)c2C)cn(CC(=O)O)c1=O. The molecule has 1 aromatic heterocycles. The van der Waals surface area contributed by atoms with Crippen LogP contribution in [0, 0.1) is 13.8 Å². The molecule has 0 aliphatic heterocycles. The molecule has 1 aromatic carbocycles. The van der Waals surface area contributed by atoms with Crippen molar-refractivity contribution in [2.75, 3.05) is 20.5 Å². The smallest absolute Gasteiger partial charge is 0.331 e. The Labute approximate surface area is 150 Å². The Balaban J connectivity index is 2.60. The third-order valence-corrected chi connectivity index (χ3v) is 4.10. The van der Waals surface area contributed by atoms with Gasteiger partial charge in [-0.1, -0.05) is 18.2 Å². The highest BCUT2D eigenvalue weighted by molar-refractivity contribution is 5.69. The summed E-state index contributed by atoms with van der Waals surface area (Å²) < 4.78 is 11.9. The number of hydrogen-bond donors (Lipinski definition) is 1. The van der Waals surface area contributed by atoms with Crippen LogP contribution in [0.3, 0.4) is 0 Å². The van der Waals surface area contributed by atoms with Gasteiger partial charge in [-0.15, -0.1) is 0 Å². The maximum atomic E-state index is 12.9. The molecule has 0 aliphatic carbocycles. The van der Waals surface area contributed by atoms with Crippen LogP contribution >= 0.6 is 0 Å². The van der Waals surface area contributed by atoms with Crippen LogP contribution in [0.5, 0.6) is 0 Å². The van der Waals surface area contributed by atoms with Crippen LogP contribution in [-0.2, 0) is 27.4 Å². The average Bonchev–Trinajstić information content (AvgIpc) is 2.59. The summed E-state index contributed by atoms with van der Waals surface area (Å²) in [4.78, 5) is 36.5. The number of nitrogens with zero attached hydrogens (tertiary/aromatic N) is 2. The first-order valence-electron chi connectivity index (χ1n) is 8.06. The van der Waals surface area contributed by atoms with Crippen molar-refractivity contribution in [2.24, 2.45) is 0 Å². The molecule has 0 amide bonds. The molecule has 140 valence electrons. The average molecular weight is 362 g/mol. The van der Waals surface area contributed by atoms with E-state index in [0.29, 0.717) is 5.56 Å². The van der Waals surface area contributed by atoms with Crippen molar-refractivity contribution < 1.29 is 19.4 Å². The number of ether oxygens (including phenoxy) is 2. The lowest BCUT2D eigenvalue weighted by Crippen LogP contribution is -2.42. The van der Waals surface area contributed by atoms with Gasteiger partial charge in [-0.25, -0.2) is 4.79 Å². The minimum atomic E-state index is -1.17. The molecular weight excluding hydrogens is 340 g/mol. The van der Waals surface area contributed by atoms with Gasteiger partial charge >= 0.3 is 11.7 Å². The summed E-state index contributed by atoms with van der Waals surface area (Å²) in [5, 5.41) is 9.07. The Bertz CT molecular complexity index is 913. The highest BCUT2D eigenvalue weighted by atomic mass is 16.7. The number of benzene rings is 1. The van der Waals surface area contributed by atoms with Crippen molar-refractivity contribution in [3.05, 3.63) is 56.4 Å².